The average Bonchev–Trinajstić information content (AvgIpc) is 2.16. The lowest BCUT2D eigenvalue weighted by atomic mass is 9.92. The van der Waals surface area contributed by atoms with E-state index in [4.69, 9.17) is 15.6 Å². The van der Waals surface area contributed by atoms with Crippen molar-refractivity contribution in [3.8, 4) is 0 Å². The summed E-state index contributed by atoms with van der Waals surface area (Å²) in [6, 6.07) is 0.0725. The smallest absolute Gasteiger partial charge is 0.311 e. The molecule has 3 N–H and O–H groups in total. The molecule has 0 spiro atoms. The molecule has 1 saturated carbocycles. The highest BCUT2D eigenvalue weighted by molar-refractivity contribution is 5.73. The molecule has 0 aromatic rings. The van der Waals surface area contributed by atoms with Crippen molar-refractivity contribution < 1.29 is 14.6 Å². The third kappa shape index (κ3) is 3.47. The molecule has 2 unspecified atom stereocenters. The number of carboxylic acids is 1. The van der Waals surface area contributed by atoms with Gasteiger partial charge in [-0.05, 0) is 26.7 Å². The largest absolute Gasteiger partial charge is 0.481 e. The molecule has 0 heterocycles. The van der Waals surface area contributed by atoms with Gasteiger partial charge >= 0.3 is 5.97 Å². The van der Waals surface area contributed by atoms with E-state index >= 15 is 0 Å². The van der Waals surface area contributed by atoms with Crippen LogP contribution in [0.1, 0.15) is 39.5 Å². The monoisotopic (exact) mass is 215 g/mol. The predicted molar refractivity (Wildman–Crippen MR) is 57.6 cm³/mol. The standard InChI is InChI=1S/C11H21NO3/c1-11(2,10(13)14)7-15-9-6-4-3-5-8(9)12/h8-9H,3-7,12H2,1-2H3,(H,13,14). The molecule has 1 aliphatic carbocycles. The summed E-state index contributed by atoms with van der Waals surface area (Å²) in [5, 5.41) is 8.93. The van der Waals surface area contributed by atoms with Crippen molar-refractivity contribution in [1.82, 2.24) is 0 Å². The second-order valence-corrected chi connectivity index (χ2v) is 4.99. The SMILES string of the molecule is CC(C)(COC1CCCCC1N)C(=O)O. The lowest BCUT2D eigenvalue weighted by Gasteiger charge is -2.31. The number of aliphatic carboxylic acids is 1. The third-order valence-electron chi connectivity index (χ3n) is 2.99. The Morgan fingerprint density at radius 2 is 2.07 bits per heavy atom. The normalized spacial score (nSPS) is 27.7. The summed E-state index contributed by atoms with van der Waals surface area (Å²) in [5.74, 6) is -0.827. The number of carboxylic acid groups (broad SMARTS) is 1. The van der Waals surface area contributed by atoms with Crippen LogP contribution in [0.5, 0.6) is 0 Å². The lowest BCUT2D eigenvalue weighted by molar-refractivity contribution is -0.152. The number of carbonyl (C=O) groups is 1. The van der Waals surface area contributed by atoms with Gasteiger partial charge in [0.15, 0.2) is 0 Å². The van der Waals surface area contributed by atoms with Gasteiger partial charge in [-0.15, -0.1) is 0 Å². The minimum atomic E-state index is -0.827. The maximum Gasteiger partial charge on any atom is 0.311 e. The van der Waals surface area contributed by atoms with Gasteiger partial charge in [-0.1, -0.05) is 12.8 Å². The Kier molecular flexibility index (Phi) is 4.11. The molecule has 15 heavy (non-hydrogen) atoms. The number of nitrogens with two attached hydrogens (primary N) is 1. The Labute approximate surface area is 90.8 Å². The van der Waals surface area contributed by atoms with E-state index in [1.165, 1.54) is 0 Å². The first-order valence-corrected chi connectivity index (χ1v) is 5.54. The summed E-state index contributed by atoms with van der Waals surface area (Å²) >= 11 is 0. The van der Waals surface area contributed by atoms with Gasteiger partial charge in [0.1, 0.15) is 0 Å². The molecule has 0 amide bonds. The van der Waals surface area contributed by atoms with Crippen LogP contribution in [0.15, 0.2) is 0 Å². The highest BCUT2D eigenvalue weighted by Crippen LogP contribution is 2.23. The first-order chi connectivity index (χ1) is 6.93. The zero-order valence-electron chi connectivity index (χ0n) is 9.53. The molecule has 2 atom stereocenters. The van der Waals surface area contributed by atoms with Gasteiger partial charge in [-0.25, -0.2) is 0 Å². The molecule has 88 valence electrons. The van der Waals surface area contributed by atoms with Crippen LogP contribution in [0, 0.1) is 5.41 Å². The third-order valence-corrected chi connectivity index (χ3v) is 2.99. The van der Waals surface area contributed by atoms with Crippen LogP contribution in [0.25, 0.3) is 0 Å². The maximum atomic E-state index is 10.9. The molecule has 0 saturated heterocycles. The molecule has 0 aromatic heterocycles. The highest BCUT2D eigenvalue weighted by atomic mass is 16.5. The van der Waals surface area contributed by atoms with Crippen LogP contribution >= 0.6 is 0 Å². The Balaban J connectivity index is 2.38. The fraction of sp³-hybridized carbons (Fsp3) is 0.909. The van der Waals surface area contributed by atoms with Gasteiger partial charge in [0.2, 0.25) is 0 Å². The molecule has 0 aliphatic heterocycles. The molecular formula is C11H21NO3. The van der Waals surface area contributed by atoms with Crippen molar-refractivity contribution in [2.24, 2.45) is 11.1 Å². The molecule has 4 heteroatoms. The van der Waals surface area contributed by atoms with E-state index in [1.54, 1.807) is 13.8 Å². The second-order valence-electron chi connectivity index (χ2n) is 4.99. The van der Waals surface area contributed by atoms with Crippen molar-refractivity contribution in [1.29, 1.82) is 0 Å². The lowest BCUT2D eigenvalue weighted by Crippen LogP contribution is -2.42. The zero-order chi connectivity index (χ0) is 11.5. The highest BCUT2D eigenvalue weighted by Gasteiger charge is 2.30. The summed E-state index contributed by atoms with van der Waals surface area (Å²) in [5.41, 5.74) is 5.09. The van der Waals surface area contributed by atoms with E-state index in [9.17, 15) is 4.79 Å². The fourth-order valence-electron chi connectivity index (χ4n) is 1.71. The molecule has 0 radical (unpaired) electrons. The Morgan fingerprint density at radius 1 is 1.47 bits per heavy atom. The average molecular weight is 215 g/mol. The summed E-state index contributed by atoms with van der Waals surface area (Å²) in [7, 11) is 0. The van der Waals surface area contributed by atoms with E-state index in [0.717, 1.165) is 25.7 Å². The van der Waals surface area contributed by atoms with Crippen LogP contribution < -0.4 is 5.73 Å². The van der Waals surface area contributed by atoms with E-state index in [2.05, 4.69) is 0 Å². The molecule has 1 rings (SSSR count). The Hall–Kier alpha value is -0.610. The minimum Gasteiger partial charge on any atom is -0.481 e. The quantitative estimate of drug-likeness (QED) is 0.743. The summed E-state index contributed by atoms with van der Waals surface area (Å²) in [4.78, 5) is 10.9. The van der Waals surface area contributed by atoms with E-state index in [0.29, 0.717) is 0 Å². The van der Waals surface area contributed by atoms with Crippen LogP contribution in [0.4, 0.5) is 0 Å². The second kappa shape index (κ2) is 4.94. The summed E-state index contributed by atoms with van der Waals surface area (Å²) in [6.07, 6.45) is 4.27. The summed E-state index contributed by atoms with van der Waals surface area (Å²) < 4.78 is 5.62. The number of hydrogen-bond donors (Lipinski definition) is 2. The van der Waals surface area contributed by atoms with Crippen molar-refractivity contribution in [3.05, 3.63) is 0 Å². The van der Waals surface area contributed by atoms with Gasteiger partial charge in [0.05, 0.1) is 18.1 Å². The first kappa shape index (κ1) is 12.5. The van der Waals surface area contributed by atoms with E-state index in [1.807, 2.05) is 0 Å². The van der Waals surface area contributed by atoms with Crippen LogP contribution in [0.3, 0.4) is 0 Å². The van der Waals surface area contributed by atoms with Gasteiger partial charge < -0.3 is 15.6 Å². The van der Waals surface area contributed by atoms with Crippen molar-refractivity contribution in [3.63, 3.8) is 0 Å². The van der Waals surface area contributed by atoms with Crippen molar-refractivity contribution in [2.75, 3.05) is 6.61 Å². The van der Waals surface area contributed by atoms with Crippen LogP contribution in [0.2, 0.25) is 0 Å². The molecule has 1 aliphatic rings. The molecule has 1 fully saturated rings. The number of hydrogen-bond acceptors (Lipinski definition) is 3. The minimum absolute atomic E-state index is 0.0392. The topological polar surface area (TPSA) is 72.5 Å². The summed E-state index contributed by atoms with van der Waals surface area (Å²) in [6.45, 7) is 3.58. The number of rotatable bonds is 4. The molecule has 0 aromatic carbocycles. The van der Waals surface area contributed by atoms with Gasteiger partial charge in [0, 0.05) is 6.04 Å². The van der Waals surface area contributed by atoms with E-state index in [-0.39, 0.29) is 18.8 Å². The Bertz CT molecular complexity index is 228. The molecule has 0 bridgehead atoms. The fourth-order valence-corrected chi connectivity index (χ4v) is 1.71. The van der Waals surface area contributed by atoms with Gasteiger partial charge in [-0.2, -0.15) is 0 Å². The number of ether oxygens (including phenoxy) is 1. The van der Waals surface area contributed by atoms with Gasteiger partial charge in [0.25, 0.3) is 0 Å². The van der Waals surface area contributed by atoms with Gasteiger partial charge in [-0.3, -0.25) is 4.79 Å². The van der Waals surface area contributed by atoms with Crippen LogP contribution in [-0.4, -0.2) is 29.8 Å². The maximum absolute atomic E-state index is 10.9. The van der Waals surface area contributed by atoms with Crippen molar-refractivity contribution in [2.45, 2.75) is 51.7 Å². The van der Waals surface area contributed by atoms with Crippen molar-refractivity contribution >= 4 is 5.97 Å². The van der Waals surface area contributed by atoms with Crippen LogP contribution in [-0.2, 0) is 9.53 Å². The Morgan fingerprint density at radius 3 is 2.60 bits per heavy atom. The predicted octanol–water partition coefficient (Wildman–Crippen LogP) is 1.38. The zero-order valence-corrected chi connectivity index (χ0v) is 9.53. The first-order valence-electron chi connectivity index (χ1n) is 5.54. The molecular weight excluding hydrogens is 194 g/mol. The van der Waals surface area contributed by atoms with E-state index < -0.39 is 11.4 Å². The molecule has 4 nitrogen and oxygen atoms in total.